The second-order valence-electron chi connectivity index (χ2n) is 3.83. The van der Waals surface area contributed by atoms with Gasteiger partial charge in [0.1, 0.15) is 0 Å². The third-order valence-electron chi connectivity index (χ3n) is 2.31. The molecular formula is C10H15N3O2. The summed E-state index contributed by atoms with van der Waals surface area (Å²) < 4.78 is 0. The third-order valence-corrected chi connectivity index (χ3v) is 2.31. The van der Waals surface area contributed by atoms with Gasteiger partial charge in [0, 0.05) is 12.0 Å². The van der Waals surface area contributed by atoms with Crippen LogP contribution in [-0.2, 0) is 9.59 Å². The molecule has 0 saturated carbocycles. The number of primary amides is 1. The van der Waals surface area contributed by atoms with Gasteiger partial charge in [0.15, 0.2) is 0 Å². The van der Waals surface area contributed by atoms with E-state index in [1.807, 2.05) is 13.8 Å². The molecule has 5 heteroatoms. The second-order valence-corrected chi connectivity index (χ2v) is 3.83. The summed E-state index contributed by atoms with van der Waals surface area (Å²) in [5.41, 5.74) is 6.10. The Morgan fingerprint density at radius 3 is 2.53 bits per heavy atom. The monoisotopic (exact) mass is 209 g/mol. The zero-order valence-electron chi connectivity index (χ0n) is 8.89. The highest BCUT2D eigenvalue weighted by molar-refractivity contribution is 6.10. The maximum Gasteiger partial charge on any atom is 0.246 e. The topological polar surface area (TPSA) is 96.0 Å². The van der Waals surface area contributed by atoms with E-state index in [0.717, 1.165) is 0 Å². The maximum absolute atomic E-state index is 11.2. The lowest BCUT2D eigenvalue weighted by atomic mass is 9.95. The molecule has 0 fully saturated rings. The summed E-state index contributed by atoms with van der Waals surface area (Å²) in [6.07, 6.45) is 0.582. The molecule has 0 bridgehead atoms. The summed E-state index contributed by atoms with van der Waals surface area (Å²) in [6, 6.07) is 0. The van der Waals surface area contributed by atoms with Crippen LogP contribution in [0.4, 0.5) is 0 Å². The van der Waals surface area contributed by atoms with E-state index in [1.165, 1.54) is 0 Å². The molecule has 1 rings (SSSR count). The number of hydrogen-bond acceptors (Lipinski definition) is 3. The first-order valence-corrected chi connectivity index (χ1v) is 4.85. The molecule has 0 aromatic rings. The van der Waals surface area contributed by atoms with Crippen molar-refractivity contribution < 1.29 is 9.59 Å². The summed E-state index contributed by atoms with van der Waals surface area (Å²) in [4.78, 5) is 22.3. The number of carbonyl (C=O) groups excluding carboxylic acids is 2. The first-order valence-electron chi connectivity index (χ1n) is 4.85. The minimum Gasteiger partial charge on any atom is -0.366 e. The number of nitrogens with two attached hydrogens (primary N) is 1. The molecule has 0 unspecified atom stereocenters. The number of hydrogen-bond donors (Lipinski definition) is 3. The van der Waals surface area contributed by atoms with Gasteiger partial charge in [0.25, 0.3) is 0 Å². The predicted octanol–water partition coefficient (Wildman–Crippen LogP) is 0.312. The van der Waals surface area contributed by atoms with Gasteiger partial charge in [-0.15, -0.1) is 0 Å². The van der Waals surface area contributed by atoms with Crippen LogP contribution in [0.25, 0.3) is 0 Å². The van der Waals surface area contributed by atoms with E-state index in [0.29, 0.717) is 17.7 Å². The first-order chi connectivity index (χ1) is 6.93. The normalized spacial score (nSPS) is 16.6. The fourth-order valence-corrected chi connectivity index (χ4v) is 1.41. The van der Waals surface area contributed by atoms with Gasteiger partial charge in [0.2, 0.25) is 11.8 Å². The Morgan fingerprint density at radius 1 is 1.47 bits per heavy atom. The molecule has 0 aromatic heterocycles. The largest absolute Gasteiger partial charge is 0.366 e. The zero-order chi connectivity index (χ0) is 11.6. The van der Waals surface area contributed by atoms with Crippen molar-refractivity contribution in [2.24, 2.45) is 11.7 Å². The Hall–Kier alpha value is -1.65. The van der Waals surface area contributed by atoms with Crippen molar-refractivity contribution in [1.82, 2.24) is 5.32 Å². The molecule has 0 radical (unpaired) electrons. The van der Waals surface area contributed by atoms with E-state index in [1.54, 1.807) is 0 Å². The minimum absolute atomic E-state index is 0.0484. The van der Waals surface area contributed by atoms with Crippen molar-refractivity contribution in [1.29, 1.82) is 5.41 Å². The van der Waals surface area contributed by atoms with Crippen LogP contribution in [0.5, 0.6) is 0 Å². The molecule has 5 nitrogen and oxygen atoms in total. The summed E-state index contributed by atoms with van der Waals surface area (Å²) in [5, 5.41) is 10.3. The van der Waals surface area contributed by atoms with Crippen molar-refractivity contribution in [2.75, 3.05) is 0 Å². The van der Waals surface area contributed by atoms with E-state index in [4.69, 9.17) is 11.1 Å². The smallest absolute Gasteiger partial charge is 0.246 e. The lowest BCUT2D eigenvalue weighted by molar-refractivity contribution is -0.120. The minimum atomic E-state index is -0.560. The Morgan fingerprint density at radius 2 is 2.07 bits per heavy atom. The molecular weight excluding hydrogens is 194 g/mol. The molecule has 0 saturated heterocycles. The zero-order valence-corrected chi connectivity index (χ0v) is 8.89. The SMILES string of the molecule is CC(C)C(=N)C1=C(C(N)=O)CCC(=O)N1. The van der Waals surface area contributed by atoms with Crippen molar-refractivity contribution in [3.05, 3.63) is 11.3 Å². The van der Waals surface area contributed by atoms with Crippen LogP contribution in [0, 0.1) is 11.3 Å². The van der Waals surface area contributed by atoms with Crippen molar-refractivity contribution >= 4 is 17.5 Å². The van der Waals surface area contributed by atoms with Crippen LogP contribution in [0.3, 0.4) is 0 Å². The van der Waals surface area contributed by atoms with Crippen LogP contribution in [-0.4, -0.2) is 17.5 Å². The molecule has 1 aliphatic rings. The highest BCUT2D eigenvalue weighted by Gasteiger charge is 2.24. The number of carbonyl (C=O) groups is 2. The predicted molar refractivity (Wildman–Crippen MR) is 56.2 cm³/mol. The van der Waals surface area contributed by atoms with Crippen molar-refractivity contribution in [2.45, 2.75) is 26.7 Å². The van der Waals surface area contributed by atoms with Crippen LogP contribution in [0.2, 0.25) is 0 Å². The summed E-state index contributed by atoms with van der Waals surface area (Å²) in [5.74, 6) is -0.774. The Bertz CT molecular complexity index is 356. The van der Waals surface area contributed by atoms with Gasteiger partial charge < -0.3 is 16.5 Å². The number of nitrogens with one attached hydrogen (secondary N) is 2. The van der Waals surface area contributed by atoms with Gasteiger partial charge in [-0.1, -0.05) is 13.8 Å². The van der Waals surface area contributed by atoms with Crippen LogP contribution >= 0.6 is 0 Å². The maximum atomic E-state index is 11.2. The standard InChI is InChI=1S/C10H15N3O2/c1-5(2)8(11)9-6(10(12)15)3-4-7(14)13-9/h5,11H,3-4H2,1-2H3,(H2,12,15)(H,13,14). The van der Waals surface area contributed by atoms with Gasteiger partial charge in [-0.25, -0.2) is 0 Å². The molecule has 0 aliphatic carbocycles. The van der Waals surface area contributed by atoms with Gasteiger partial charge in [0.05, 0.1) is 11.4 Å². The Kier molecular flexibility index (Phi) is 3.24. The molecule has 2 amide bonds. The summed E-state index contributed by atoms with van der Waals surface area (Å²) in [7, 11) is 0. The average molecular weight is 209 g/mol. The van der Waals surface area contributed by atoms with Crippen molar-refractivity contribution in [3.8, 4) is 0 Å². The highest BCUT2D eigenvalue weighted by Crippen LogP contribution is 2.18. The summed E-state index contributed by atoms with van der Waals surface area (Å²) >= 11 is 0. The van der Waals surface area contributed by atoms with Crippen LogP contribution < -0.4 is 11.1 Å². The van der Waals surface area contributed by atoms with Gasteiger partial charge >= 0.3 is 0 Å². The highest BCUT2D eigenvalue weighted by atomic mass is 16.2. The van der Waals surface area contributed by atoms with Crippen LogP contribution in [0.1, 0.15) is 26.7 Å². The average Bonchev–Trinajstić information content (AvgIpc) is 2.15. The lowest BCUT2D eigenvalue weighted by Gasteiger charge is -2.21. The van der Waals surface area contributed by atoms with Gasteiger partial charge in [-0.05, 0) is 12.3 Å². The summed E-state index contributed by atoms with van der Waals surface area (Å²) in [6.45, 7) is 3.66. The van der Waals surface area contributed by atoms with E-state index in [9.17, 15) is 9.59 Å². The fraction of sp³-hybridized carbons (Fsp3) is 0.500. The van der Waals surface area contributed by atoms with E-state index >= 15 is 0 Å². The van der Waals surface area contributed by atoms with Gasteiger partial charge in [-0.2, -0.15) is 0 Å². The molecule has 1 heterocycles. The quantitative estimate of drug-likeness (QED) is 0.583. The van der Waals surface area contributed by atoms with Crippen LogP contribution in [0.15, 0.2) is 11.3 Å². The number of rotatable bonds is 3. The fourth-order valence-electron chi connectivity index (χ4n) is 1.41. The Labute approximate surface area is 88.2 Å². The van der Waals surface area contributed by atoms with E-state index in [2.05, 4.69) is 5.32 Å². The molecule has 82 valence electrons. The third kappa shape index (κ3) is 2.43. The van der Waals surface area contributed by atoms with E-state index in [-0.39, 0.29) is 24.0 Å². The molecule has 1 aliphatic heterocycles. The number of amides is 2. The van der Waals surface area contributed by atoms with Crippen molar-refractivity contribution in [3.63, 3.8) is 0 Å². The Balaban J connectivity index is 3.10. The second kappa shape index (κ2) is 4.25. The number of allylic oxidation sites excluding steroid dienone is 1. The molecule has 15 heavy (non-hydrogen) atoms. The lowest BCUT2D eigenvalue weighted by Crippen LogP contribution is -2.37. The van der Waals surface area contributed by atoms with E-state index < -0.39 is 5.91 Å². The molecule has 4 N–H and O–H groups in total. The molecule has 0 spiro atoms. The van der Waals surface area contributed by atoms with Gasteiger partial charge in [-0.3, -0.25) is 9.59 Å². The first kappa shape index (κ1) is 11.4. The molecule has 0 atom stereocenters. The molecule has 0 aromatic carbocycles.